The van der Waals surface area contributed by atoms with Crippen molar-refractivity contribution in [1.82, 2.24) is 0 Å². The Morgan fingerprint density at radius 1 is 1.30 bits per heavy atom. The van der Waals surface area contributed by atoms with E-state index in [4.69, 9.17) is 20.4 Å². The topological polar surface area (TPSA) is 98.0 Å². The summed E-state index contributed by atoms with van der Waals surface area (Å²) in [5, 5.41) is 34.1. The Bertz CT molecular complexity index is 104. The Labute approximate surface area is 57.5 Å². The molecule has 60 valence electrons. The molecule has 0 radical (unpaired) electrons. The van der Waals surface area contributed by atoms with Crippen LogP contribution < -0.4 is 0 Å². The minimum atomic E-state index is -1.64. The normalized spacial score (nSPS) is 19.6. The Hall–Kier alpha value is -0.490. The van der Waals surface area contributed by atoms with Crippen molar-refractivity contribution in [3.05, 3.63) is 0 Å². The molecule has 0 rings (SSSR count). The molecule has 3 atom stereocenters. The third kappa shape index (κ3) is 2.40. The Kier molecular flexibility index (Phi) is 4.13. The van der Waals surface area contributed by atoms with Gasteiger partial charge in [0.25, 0.3) is 0 Å². The minimum Gasteiger partial charge on any atom is -0.394 e. The predicted molar refractivity (Wildman–Crippen MR) is 31.2 cm³/mol. The molecule has 0 bridgehead atoms. The van der Waals surface area contributed by atoms with Crippen molar-refractivity contribution in [2.75, 3.05) is 6.61 Å². The van der Waals surface area contributed by atoms with E-state index in [0.717, 1.165) is 0 Å². The van der Waals surface area contributed by atoms with E-state index in [-0.39, 0.29) is 6.29 Å². The monoisotopic (exact) mass is 151 g/mol. The zero-order chi connectivity index (χ0) is 8.15. The van der Waals surface area contributed by atoms with E-state index in [2.05, 4.69) is 0 Å². The summed E-state index contributed by atoms with van der Waals surface area (Å²) in [4.78, 5) is 9.76. The minimum absolute atomic E-state index is 0.0869. The quantitative estimate of drug-likeness (QED) is 0.258. The van der Waals surface area contributed by atoms with Crippen LogP contribution in [0.1, 0.15) is 0 Å². The fraction of sp³-hybridized carbons (Fsp3) is 0.800. The maximum Gasteiger partial charge on any atom is 0.151 e. The summed E-state index contributed by atoms with van der Waals surface area (Å²) >= 11 is 0. The van der Waals surface area contributed by atoms with Gasteiger partial charge in [-0.1, -0.05) is 0 Å². The van der Waals surface area contributed by atoms with E-state index in [1.807, 2.05) is 0 Å². The van der Waals surface area contributed by atoms with Crippen LogP contribution >= 0.6 is 0 Å². The molecule has 0 heterocycles. The number of aliphatic hydroxyl groups is 4. The van der Waals surface area contributed by atoms with Crippen molar-refractivity contribution in [3.8, 4) is 0 Å². The summed E-state index contributed by atoms with van der Waals surface area (Å²) in [5.74, 6) is 0. The third-order valence-electron chi connectivity index (χ3n) is 1.07. The molecule has 0 aromatic carbocycles. The highest BCUT2D eigenvalue weighted by molar-refractivity contribution is 5.56. The number of carbonyl (C=O) groups excluding carboxylic acids is 1. The molecule has 0 aliphatic heterocycles. The summed E-state index contributed by atoms with van der Waals surface area (Å²) < 4.78 is 0. The number of hydrogen-bond donors (Lipinski definition) is 4. The van der Waals surface area contributed by atoms with E-state index in [9.17, 15) is 4.79 Å². The van der Waals surface area contributed by atoms with Crippen LogP contribution in [0.4, 0.5) is 0 Å². The van der Waals surface area contributed by atoms with Gasteiger partial charge in [0.05, 0.1) is 6.61 Å². The molecule has 0 aromatic rings. The second-order valence-corrected chi connectivity index (χ2v) is 1.87. The van der Waals surface area contributed by atoms with Crippen molar-refractivity contribution in [3.63, 3.8) is 0 Å². The SMILES string of the molecule is O=[13CH][C@H](O)[C@@H](O)[C@H](O)CO. The highest BCUT2D eigenvalue weighted by atomic mass is 16.4. The lowest BCUT2D eigenvalue weighted by Gasteiger charge is -2.16. The van der Waals surface area contributed by atoms with Crippen LogP contribution in [-0.4, -0.2) is 51.6 Å². The molecule has 0 amide bonds. The van der Waals surface area contributed by atoms with Crippen LogP contribution in [0.3, 0.4) is 0 Å². The number of aliphatic hydroxyl groups excluding tert-OH is 4. The molecule has 4 N–H and O–H groups in total. The Morgan fingerprint density at radius 3 is 2.10 bits per heavy atom. The van der Waals surface area contributed by atoms with Crippen LogP contribution in [0.15, 0.2) is 0 Å². The fourth-order valence-corrected chi connectivity index (χ4v) is 0.416. The second-order valence-electron chi connectivity index (χ2n) is 1.87. The van der Waals surface area contributed by atoms with E-state index in [0.29, 0.717) is 0 Å². The van der Waals surface area contributed by atoms with Gasteiger partial charge in [-0.05, 0) is 0 Å². The highest BCUT2D eigenvalue weighted by Crippen LogP contribution is 1.96. The van der Waals surface area contributed by atoms with Gasteiger partial charge in [-0.25, -0.2) is 0 Å². The summed E-state index contributed by atoms with van der Waals surface area (Å²) in [5.41, 5.74) is 0. The molecule has 0 fully saturated rings. The van der Waals surface area contributed by atoms with Crippen molar-refractivity contribution in [2.24, 2.45) is 0 Å². The number of carbonyl (C=O) groups is 1. The summed E-state index contributed by atoms with van der Waals surface area (Å²) in [6, 6.07) is 0. The van der Waals surface area contributed by atoms with Gasteiger partial charge in [0, 0.05) is 0 Å². The lowest BCUT2D eigenvalue weighted by atomic mass is 10.2. The number of aldehydes is 1. The van der Waals surface area contributed by atoms with Crippen molar-refractivity contribution >= 4 is 6.29 Å². The van der Waals surface area contributed by atoms with Crippen molar-refractivity contribution < 1.29 is 25.2 Å². The Balaban J connectivity index is 3.80. The van der Waals surface area contributed by atoms with E-state index < -0.39 is 24.9 Å². The van der Waals surface area contributed by atoms with Gasteiger partial charge in [-0.2, -0.15) is 0 Å². The predicted octanol–water partition coefficient (Wildman–Crippen LogP) is -2.74. The highest BCUT2D eigenvalue weighted by Gasteiger charge is 2.22. The largest absolute Gasteiger partial charge is 0.394 e. The molecule has 5 heteroatoms. The molecule has 10 heavy (non-hydrogen) atoms. The van der Waals surface area contributed by atoms with E-state index in [1.165, 1.54) is 0 Å². The summed E-state index contributed by atoms with van der Waals surface area (Å²) in [6.45, 7) is -0.688. The second kappa shape index (κ2) is 4.35. The number of rotatable bonds is 4. The smallest absolute Gasteiger partial charge is 0.151 e. The molecule has 5 nitrogen and oxygen atoms in total. The van der Waals surface area contributed by atoms with Gasteiger partial charge < -0.3 is 25.2 Å². The van der Waals surface area contributed by atoms with Gasteiger partial charge in [0.1, 0.15) is 18.3 Å². The molecule has 0 spiro atoms. The fourth-order valence-electron chi connectivity index (χ4n) is 0.416. The van der Waals surface area contributed by atoms with Gasteiger partial charge in [-0.15, -0.1) is 0 Å². The lowest BCUT2D eigenvalue weighted by Crippen LogP contribution is -2.40. The molecule has 0 unspecified atom stereocenters. The summed E-state index contributed by atoms with van der Waals surface area (Å²) in [7, 11) is 0. The van der Waals surface area contributed by atoms with Crippen LogP contribution in [0.5, 0.6) is 0 Å². The average molecular weight is 151 g/mol. The lowest BCUT2D eigenvalue weighted by molar-refractivity contribution is -0.127. The standard InChI is InChI=1S/C5H10O5/c6-1-3(8)5(10)4(9)2-7/h1,3-5,7-10H,2H2/t3-,4+,5+/m0/s1/i1+1. The molecule has 0 aliphatic carbocycles. The first-order chi connectivity index (χ1) is 4.63. The first-order valence-corrected chi connectivity index (χ1v) is 2.73. The van der Waals surface area contributed by atoms with Crippen molar-refractivity contribution in [2.45, 2.75) is 18.3 Å². The summed E-state index contributed by atoms with van der Waals surface area (Å²) in [6.07, 6.45) is -4.63. The van der Waals surface area contributed by atoms with E-state index in [1.54, 1.807) is 0 Å². The first-order valence-electron chi connectivity index (χ1n) is 2.73. The van der Waals surface area contributed by atoms with Crippen molar-refractivity contribution in [1.29, 1.82) is 0 Å². The van der Waals surface area contributed by atoms with E-state index >= 15 is 0 Å². The van der Waals surface area contributed by atoms with Gasteiger partial charge in [-0.3, -0.25) is 0 Å². The van der Waals surface area contributed by atoms with Crippen LogP contribution in [0.25, 0.3) is 0 Å². The van der Waals surface area contributed by atoms with Crippen LogP contribution in [-0.2, 0) is 4.79 Å². The zero-order valence-corrected chi connectivity index (χ0v) is 5.21. The van der Waals surface area contributed by atoms with Gasteiger partial charge in [0.2, 0.25) is 0 Å². The average Bonchev–Trinajstić information content (AvgIpc) is 2.00. The number of hydrogen-bond acceptors (Lipinski definition) is 5. The maximum absolute atomic E-state index is 9.76. The molecular weight excluding hydrogens is 141 g/mol. The first kappa shape index (κ1) is 9.51. The zero-order valence-electron chi connectivity index (χ0n) is 5.21. The molecular formula is C5H10O5. The van der Waals surface area contributed by atoms with Crippen LogP contribution in [0.2, 0.25) is 0 Å². The van der Waals surface area contributed by atoms with Gasteiger partial charge >= 0.3 is 0 Å². The molecule has 0 aliphatic rings. The van der Waals surface area contributed by atoms with Crippen LogP contribution in [0, 0.1) is 0 Å². The third-order valence-corrected chi connectivity index (χ3v) is 1.07. The maximum atomic E-state index is 9.76. The molecule has 0 saturated carbocycles. The van der Waals surface area contributed by atoms with Gasteiger partial charge in [0.15, 0.2) is 6.29 Å². The molecule has 0 saturated heterocycles. The Morgan fingerprint density at radius 2 is 1.80 bits per heavy atom. The molecule has 0 aromatic heterocycles.